The summed E-state index contributed by atoms with van der Waals surface area (Å²) in [6.45, 7) is 1.51. The average molecular weight is 474 g/mol. The Labute approximate surface area is 201 Å². The highest BCUT2D eigenvalue weighted by Gasteiger charge is 2.20. The Bertz CT molecular complexity index is 1440. The number of phenolic OH excluding ortho intramolecular Hbond substituents is 1. The van der Waals surface area contributed by atoms with Gasteiger partial charge in [-0.3, -0.25) is 9.79 Å². The number of nitrogens with zero attached hydrogens (tertiary/aromatic N) is 2. The van der Waals surface area contributed by atoms with Crippen LogP contribution in [0, 0.1) is 5.82 Å². The summed E-state index contributed by atoms with van der Waals surface area (Å²) in [5.41, 5.74) is 4.15. The Morgan fingerprint density at radius 2 is 1.83 bits per heavy atom. The number of hydrogen-bond donors (Lipinski definition) is 3. The Balaban J connectivity index is 1.89. The Morgan fingerprint density at radius 1 is 1.11 bits per heavy atom. The van der Waals surface area contributed by atoms with Crippen LogP contribution in [0.4, 0.5) is 10.1 Å². The molecule has 0 bridgehead atoms. The zero-order chi connectivity index (χ0) is 25.1. The van der Waals surface area contributed by atoms with Gasteiger partial charge in [-0.15, -0.1) is 0 Å². The van der Waals surface area contributed by atoms with Crippen molar-refractivity contribution in [2.24, 2.45) is 4.99 Å². The fourth-order valence-electron chi connectivity index (χ4n) is 3.84. The lowest BCUT2D eigenvalue weighted by Gasteiger charge is -2.19. The number of carboxylic acid groups (broad SMARTS) is 1. The number of phenols is 1. The molecule has 0 saturated carbocycles. The number of aliphatic carboxylic acids is 1. The first-order valence-corrected chi connectivity index (χ1v) is 10.8. The normalized spacial score (nSPS) is 12.1. The molecule has 3 N–H and O–H groups in total. The standard InChI is InChI=1S/C27H24FN3O4/c1-15(27(33)34)30-26-21-12-18(28)8-10-23(21)31-25(22(26)14-29-2)17-6-4-16(5-7-17)20-13-19(35-3)9-11-24(20)32/h4-15,32H,1-3H3,(H,30,31)(H,33,34). The summed E-state index contributed by atoms with van der Waals surface area (Å²) in [4.78, 5) is 20.4. The van der Waals surface area contributed by atoms with Gasteiger partial charge < -0.3 is 20.3 Å². The molecule has 3 aromatic carbocycles. The molecule has 1 unspecified atom stereocenters. The van der Waals surface area contributed by atoms with Crippen molar-refractivity contribution in [1.29, 1.82) is 0 Å². The van der Waals surface area contributed by atoms with Crippen LogP contribution in [-0.2, 0) is 4.79 Å². The number of aromatic nitrogens is 1. The van der Waals surface area contributed by atoms with Gasteiger partial charge in [0, 0.05) is 35.3 Å². The molecular formula is C27H24FN3O4. The van der Waals surface area contributed by atoms with E-state index >= 15 is 0 Å². The number of carboxylic acids is 1. The van der Waals surface area contributed by atoms with Gasteiger partial charge in [-0.05, 0) is 48.9 Å². The van der Waals surface area contributed by atoms with Gasteiger partial charge in [-0.25, -0.2) is 9.37 Å². The molecule has 0 amide bonds. The zero-order valence-corrected chi connectivity index (χ0v) is 19.4. The maximum atomic E-state index is 14.1. The molecule has 0 spiro atoms. The van der Waals surface area contributed by atoms with Crippen LogP contribution < -0.4 is 10.1 Å². The highest BCUT2D eigenvalue weighted by Crippen LogP contribution is 2.37. The number of halogens is 1. The molecule has 1 atom stereocenters. The number of methoxy groups -OCH3 is 1. The third-order valence-corrected chi connectivity index (χ3v) is 5.65. The van der Waals surface area contributed by atoms with Gasteiger partial charge in [0.25, 0.3) is 0 Å². The highest BCUT2D eigenvalue weighted by atomic mass is 19.1. The van der Waals surface area contributed by atoms with Crippen molar-refractivity contribution in [1.82, 2.24) is 4.98 Å². The second-order valence-corrected chi connectivity index (χ2v) is 7.96. The lowest BCUT2D eigenvalue weighted by atomic mass is 9.97. The summed E-state index contributed by atoms with van der Waals surface area (Å²) in [5.74, 6) is -0.762. The molecule has 1 heterocycles. The highest BCUT2D eigenvalue weighted by molar-refractivity contribution is 6.07. The molecule has 35 heavy (non-hydrogen) atoms. The number of carbonyl (C=O) groups is 1. The van der Waals surface area contributed by atoms with Crippen LogP contribution in [0.15, 0.2) is 65.7 Å². The van der Waals surface area contributed by atoms with Crippen molar-refractivity contribution in [2.75, 3.05) is 19.5 Å². The van der Waals surface area contributed by atoms with Gasteiger partial charge in [0.1, 0.15) is 23.4 Å². The molecule has 1 aromatic heterocycles. The minimum Gasteiger partial charge on any atom is -0.507 e. The van der Waals surface area contributed by atoms with Crippen molar-refractivity contribution in [3.05, 3.63) is 72.0 Å². The first-order chi connectivity index (χ1) is 16.8. The topological polar surface area (TPSA) is 104 Å². The van der Waals surface area contributed by atoms with Crippen LogP contribution in [0.2, 0.25) is 0 Å². The Kier molecular flexibility index (Phi) is 6.64. The van der Waals surface area contributed by atoms with E-state index in [0.29, 0.717) is 39.2 Å². The van der Waals surface area contributed by atoms with E-state index in [-0.39, 0.29) is 5.75 Å². The van der Waals surface area contributed by atoms with Gasteiger partial charge in [0.15, 0.2) is 0 Å². The summed E-state index contributed by atoms with van der Waals surface area (Å²) < 4.78 is 19.4. The third-order valence-electron chi connectivity index (χ3n) is 5.65. The largest absolute Gasteiger partial charge is 0.507 e. The summed E-state index contributed by atoms with van der Waals surface area (Å²) >= 11 is 0. The zero-order valence-electron chi connectivity index (χ0n) is 19.4. The van der Waals surface area contributed by atoms with Crippen molar-refractivity contribution in [2.45, 2.75) is 13.0 Å². The van der Waals surface area contributed by atoms with Crippen LogP contribution in [0.25, 0.3) is 33.3 Å². The third kappa shape index (κ3) is 4.77. The maximum Gasteiger partial charge on any atom is 0.325 e. The van der Waals surface area contributed by atoms with E-state index in [2.05, 4.69) is 10.3 Å². The summed E-state index contributed by atoms with van der Waals surface area (Å²) in [5, 5.41) is 23.2. The van der Waals surface area contributed by atoms with E-state index in [1.165, 1.54) is 19.1 Å². The first kappa shape index (κ1) is 23.7. The van der Waals surface area contributed by atoms with E-state index in [9.17, 15) is 19.4 Å². The quantitative estimate of drug-likeness (QED) is 0.312. The first-order valence-electron chi connectivity index (χ1n) is 10.8. The van der Waals surface area contributed by atoms with Crippen LogP contribution in [-0.4, -0.2) is 47.6 Å². The molecule has 178 valence electrons. The van der Waals surface area contributed by atoms with Crippen LogP contribution >= 0.6 is 0 Å². The lowest BCUT2D eigenvalue weighted by Crippen LogP contribution is -2.26. The minimum atomic E-state index is -1.05. The average Bonchev–Trinajstić information content (AvgIpc) is 2.85. The maximum absolute atomic E-state index is 14.1. The molecule has 0 radical (unpaired) electrons. The Hall–Kier alpha value is -4.46. The molecule has 4 aromatic rings. The molecule has 7 nitrogen and oxygen atoms in total. The number of pyridine rings is 1. The van der Waals surface area contributed by atoms with Crippen molar-refractivity contribution >= 4 is 28.8 Å². The van der Waals surface area contributed by atoms with E-state index in [0.717, 1.165) is 11.1 Å². The second kappa shape index (κ2) is 9.80. The van der Waals surface area contributed by atoms with Gasteiger partial charge in [-0.1, -0.05) is 24.3 Å². The number of anilines is 1. The number of aromatic hydroxyl groups is 1. The van der Waals surface area contributed by atoms with E-state index in [1.54, 1.807) is 44.6 Å². The van der Waals surface area contributed by atoms with E-state index < -0.39 is 17.8 Å². The minimum absolute atomic E-state index is 0.123. The number of nitrogens with one attached hydrogen (secondary N) is 1. The van der Waals surface area contributed by atoms with Gasteiger partial charge in [0.05, 0.1) is 24.0 Å². The number of benzene rings is 3. The molecule has 4 rings (SSSR count). The smallest absolute Gasteiger partial charge is 0.325 e. The predicted octanol–water partition coefficient (Wildman–Crippen LogP) is 5.36. The Morgan fingerprint density at radius 3 is 2.49 bits per heavy atom. The van der Waals surface area contributed by atoms with Crippen LogP contribution in [0.3, 0.4) is 0 Å². The van der Waals surface area contributed by atoms with Gasteiger partial charge in [0.2, 0.25) is 0 Å². The SMILES string of the molecule is CN=Cc1c(-c2ccc(-c3cc(OC)ccc3O)cc2)nc2ccc(F)cc2c1NC(C)C(=O)O. The fourth-order valence-corrected chi connectivity index (χ4v) is 3.84. The van der Waals surface area contributed by atoms with Crippen molar-refractivity contribution in [3.63, 3.8) is 0 Å². The number of fused-ring (bicyclic) bond motifs is 1. The summed E-state index contributed by atoms with van der Waals surface area (Å²) in [6.07, 6.45) is 1.57. The predicted molar refractivity (Wildman–Crippen MR) is 135 cm³/mol. The molecule has 8 heteroatoms. The second-order valence-electron chi connectivity index (χ2n) is 7.96. The summed E-state index contributed by atoms with van der Waals surface area (Å²) in [7, 11) is 3.16. The summed E-state index contributed by atoms with van der Waals surface area (Å²) in [6, 6.07) is 15.7. The molecule has 0 aliphatic heterocycles. The molecule has 0 saturated heterocycles. The molecular weight excluding hydrogens is 449 g/mol. The van der Waals surface area contributed by atoms with Crippen LogP contribution in [0.1, 0.15) is 12.5 Å². The molecule has 0 fully saturated rings. The van der Waals surface area contributed by atoms with Crippen molar-refractivity contribution in [3.8, 4) is 33.9 Å². The van der Waals surface area contributed by atoms with E-state index in [4.69, 9.17) is 9.72 Å². The van der Waals surface area contributed by atoms with Crippen LogP contribution in [0.5, 0.6) is 11.5 Å². The fraction of sp³-hybridized carbons (Fsp3) is 0.148. The van der Waals surface area contributed by atoms with E-state index in [1.807, 2.05) is 24.3 Å². The van der Waals surface area contributed by atoms with Gasteiger partial charge in [-0.2, -0.15) is 0 Å². The number of hydrogen-bond acceptors (Lipinski definition) is 6. The number of rotatable bonds is 7. The molecule has 0 aliphatic rings. The molecule has 0 aliphatic carbocycles. The lowest BCUT2D eigenvalue weighted by molar-refractivity contribution is -0.137. The van der Waals surface area contributed by atoms with Gasteiger partial charge >= 0.3 is 5.97 Å². The van der Waals surface area contributed by atoms with Crippen molar-refractivity contribution < 1.29 is 24.1 Å². The number of ether oxygens (including phenoxy) is 1. The monoisotopic (exact) mass is 473 g/mol. The number of aliphatic imine (C=N–C) groups is 1.